The minimum atomic E-state index is -0.409. The van der Waals surface area contributed by atoms with Crippen LogP contribution in [0.3, 0.4) is 0 Å². The fourth-order valence-electron chi connectivity index (χ4n) is 3.15. The molecule has 0 unspecified atom stereocenters. The van der Waals surface area contributed by atoms with E-state index < -0.39 is 4.92 Å². The largest absolute Gasteiger partial charge is 0.339 e. The minimum Gasteiger partial charge on any atom is -0.339 e. The fraction of sp³-hybridized carbons (Fsp3) is 0.100. The van der Waals surface area contributed by atoms with Crippen molar-refractivity contribution in [2.45, 2.75) is 13.8 Å². The number of fused-ring (bicyclic) bond motifs is 1. The zero-order valence-electron chi connectivity index (χ0n) is 14.8. The molecule has 0 aliphatic heterocycles. The minimum absolute atomic E-state index is 0.0595. The second-order valence-electron chi connectivity index (χ2n) is 6.39. The average molecular weight is 376 g/mol. The molecule has 2 aromatic heterocycles. The van der Waals surface area contributed by atoms with Crippen LogP contribution < -0.4 is 0 Å². The van der Waals surface area contributed by atoms with Gasteiger partial charge >= 0.3 is 0 Å². The number of nitro groups is 1. The summed E-state index contributed by atoms with van der Waals surface area (Å²) in [6.45, 7) is 4.16. The fourth-order valence-corrected chi connectivity index (χ4v) is 3.35. The number of nitrogens with one attached hydrogen (secondary N) is 1. The van der Waals surface area contributed by atoms with Crippen molar-refractivity contribution in [2.24, 2.45) is 0 Å². The Hall–Kier alpha value is -3.32. The first-order valence-corrected chi connectivity index (χ1v) is 8.78. The van der Waals surface area contributed by atoms with Gasteiger partial charge in [-0.05, 0) is 60.5 Å². The average Bonchev–Trinajstić information content (AvgIpc) is 3.11. The van der Waals surface area contributed by atoms with Crippen molar-refractivity contribution in [1.82, 2.24) is 14.4 Å². The van der Waals surface area contributed by atoms with Crippen LogP contribution in [-0.4, -0.2) is 19.3 Å². The number of aromatic amines is 1. The molecule has 0 saturated carbocycles. The van der Waals surface area contributed by atoms with Gasteiger partial charge in [0, 0.05) is 30.1 Å². The number of non-ortho nitro benzene ring substituents is 1. The summed E-state index contributed by atoms with van der Waals surface area (Å²) >= 11 is 5.38. The Morgan fingerprint density at radius 3 is 2.56 bits per heavy atom. The highest BCUT2D eigenvalue weighted by Gasteiger charge is 2.13. The zero-order valence-corrected chi connectivity index (χ0v) is 15.6. The van der Waals surface area contributed by atoms with E-state index in [4.69, 9.17) is 12.2 Å². The molecular weight excluding hydrogens is 360 g/mol. The van der Waals surface area contributed by atoms with Gasteiger partial charge in [0.1, 0.15) is 5.65 Å². The lowest BCUT2D eigenvalue weighted by atomic mass is 9.99. The number of benzene rings is 2. The summed E-state index contributed by atoms with van der Waals surface area (Å²) in [5.74, 6) is 0. The van der Waals surface area contributed by atoms with Gasteiger partial charge in [0.15, 0.2) is 0 Å². The molecule has 4 rings (SSSR count). The first kappa shape index (κ1) is 17.1. The van der Waals surface area contributed by atoms with E-state index in [0.29, 0.717) is 4.77 Å². The lowest BCUT2D eigenvalue weighted by Gasteiger charge is -2.09. The third-order valence-corrected chi connectivity index (χ3v) is 5.10. The summed E-state index contributed by atoms with van der Waals surface area (Å²) in [5.41, 5.74) is 6.99. The van der Waals surface area contributed by atoms with Gasteiger partial charge in [-0.15, -0.1) is 0 Å². The molecular formula is C20H16N4O2S. The maximum atomic E-state index is 10.9. The number of imidazole rings is 1. The van der Waals surface area contributed by atoms with Crippen molar-refractivity contribution >= 4 is 23.6 Å². The molecule has 0 saturated heterocycles. The van der Waals surface area contributed by atoms with Crippen molar-refractivity contribution in [2.75, 3.05) is 0 Å². The summed E-state index contributed by atoms with van der Waals surface area (Å²) in [4.78, 5) is 18.2. The normalized spacial score (nSPS) is 11.0. The number of aromatic nitrogens is 3. The summed E-state index contributed by atoms with van der Waals surface area (Å²) in [6, 6.07) is 12.6. The van der Waals surface area contributed by atoms with Crippen molar-refractivity contribution in [3.63, 3.8) is 0 Å². The number of rotatable bonds is 3. The van der Waals surface area contributed by atoms with Crippen LogP contribution in [0.15, 0.2) is 54.9 Å². The highest BCUT2D eigenvalue weighted by molar-refractivity contribution is 7.71. The number of aryl methyl sites for hydroxylation is 1. The van der Waals surface area contributed by atoms with Crippen LogP contribution in [0.5, 0.6) is 0 Å². The number of H-pyrrole nitrogens is 1. The molecule has 0 aliphatic rings. The van der Waals surface area contributed by atoms with Crippen molar-refractivity contribution in [3.05, 3.63) is 80.9 Å². The third kappa shape index (κ3) is 2.92. The van der Waals surface area contributed by atoms with Gasteiger partial charge in [-0.1, -0.05) is 18.2 Å². The first-order chi connectivity index (χ1) is 13.0. The lowest BCUT2D eigenvalue weighted by Crippen LogP contribution is -1.95. The maximum Gasteiger partial charge on any atom is 0.269 e. The zero-order chi connectivity index (χ0) is 19.1. The number of hydrogen-bond acceptors (Lipinski definition) is 4. The predicted octanol–water partition coefficient (Wildman–Crippen LogP) is 5.25. The van der Waals surface area contributed by atoms with Gasteiger partial charge in [0.05, 0.1) is 10.6 Å². The Balaban J connectivity index is 1.92. The van der Waals surface area contributed by atoms with E-state index in [2.05, 4.69) is 35.9 Å². The Labute approximate surface area is 160 Å². The van der Waals surface area contributed by atoms with E-state index in [1.165, 1.54) is 23.3 Å². The van der Waals surface area contributed by atoms with E-state index in [1.54, 1.807) is 18.3 Å². The molecule has 6 nitrogen and oxygen atoms in total. The van der Waals surface area contributed by atoms with Gasteiger partial charge in [0.25, 0.3) is 5.69 Å². The molecule has 2 heterocycles. The standard InChI is InChI=1S/C20H16N4O2S/c1-12-4-3-5-16(13(12)2)17-10-21-20(27)23-11-18(22-19(17)23)14-6-8-15(9-7-14)24(25)26/h3-11,22H,1-2H3. The van der Waals surface area contributed by atoms with E-state index in [1.807, 2.05) is 16.7 Å². The molecule has 27 heavy (non-hydrogen) atoms. The number of nitrogens with zero attached hydrogens (tertiary/aromatic N) is 3. The van der Waals surface area contributed by atoms with Crippen molar-refractivity contribution < 1.29 is 4.92 Å². The second-order valence-corrected chi connectivity index (χ2v) is 6.76. The summed E-state index contributed by atoms with van der Waals surface area (Å²) < 4.78 is 2.28. The lowest BCUT2D eigenvalue weighted by molar-refractivity contribution is -0.384. The Bertz CT molecular complexity index is 1240. The molecule has 7 heteroatoms. The van der Waals surface area contributed by atoms with Crippen LogP contribution in [0.4, 0.5) is 5.69 Å². The number of nitro benzene ring substituents is 1. The highest BCUT2D eigenvalue weighted by atomic mass is 32.1. The Morgan fingerprint density at radius 2 is 1.85 bits per heavy atom. The molecule has 0 radical (unpaired) electrons. The molecule has 0 bridgehead atoms. The molecule has 1 N–H and O–H groups in total. The van der Waals surface area contributed by atoms with Gasteiger partial charge in [-0.25, -0.2) is 4.98 Å². The van der Waals surface area contributed by atoms with Crippen LogP contribution in [0.25, 0.3) is 28.0 Å². The Morgan fingerprint density at radius 1 is 1.11 bits per heavy atom. The molecule has 0 amide bonds. The molecule has 0 atom stereocenters. The predicted molar refractivity (Wildman–Crippen MR) is 107 cm³/mol. The van der Waals surface area contributed by atoms with E-state index in [-0.39, 0.29) is 5.69 Å². The third-order valence-electron chi connectivity index (χ3n) is 4.80. The van der Waals surface area contributed by atoms with Crippen LogP contribution in [-0.2, 0) is 0 Å². The van der Waals surface area contributed by atoms with Crippen LogP contribution in [0, 0.1) is 28.7 Å². The molecule has 2 aromatic carbocycles. The highest BCUT2D eigenvalue weighted by Crippen LogP contribution is 2.30. The van der Waals surface area contributed by atoms with E-state index in [0.717, 1.165) is 28.0 Å². The monoisotopic (exact) mass is 376 g/mol. The quantitative estimate of drug-likeness (QED) is 0.301. The number of hydrogen-bond donors (Lipinski definition) is 1. The molecule has 0 aliphatic carbocycles. The van der Waals surface area contributed by atoms with Gasteiger partial charge in [-0.2, -0.15) is 0 Å². The van der Waals surface area contributed by atoms with Gasteiger partial charge < -0.3 is 4.98 Å². The second kappa shape index (κ2) is 6.44. The maximum absolute atomic E-state index is 10.9. The van der Waals surface area contributed by atoms with Crippen LogP contribution in [0.1, 0.15) is 11.1 Å². The van der Waals surface area contributed by atoms with Gasteiger partial charge in [0.2, 0.25) is 4.77 Å². The van der Waals surface area contributed by atoms with Crippen molar-refractivity contribution in [3.8, 4) is 22.4 Å². The summed E-state index contributed by atoms with van der Waals surface area (Å²) in [7, 11) is 0. The molecule has 4 aromatic rings. The van der Waals surface area contributed by atoms with E-state index in [9.17, 15) is 10.1 Å². The first-order valence-electron chi connectivity index (χ1n) is 8.37. The molecule has 0 fully saturated rings. The van der Waals surface area contributed by atoms with Crippen LogP contribution in [0.2, 0.25) is 0 Å². The summed E-state index contributed by atoms with van der Waals surface area (Å²) in [5, 5.41) is 10.9. The van der Waals surface area contributed by atoms with Gasteiger partial charge in [-0.3, -0.25) is 14.5 Å². The van der Waals surface area contributed by atoms with E-state index >= 15 is 0 Å². The smallest absolute Gasteiger partial charge is 0.269 e. The topological polar surface area (TPSA) is 76.2 Å². The van der Waals surface area contributed by atoms with Crippen molar-refractivity contribution in [1.29, 1.82) is 0 Å². The Kier molecular flexibility index (Phi) is 4.08. The molecule has 0 spiro atoms. The summed E-state index contributed by atoms with van der Waals surface area (Å²) in [6.07, 6.45) is 3.66. The SMILES string of the molecule is Cc1cccc(-c2cnc(=S)n3cc(-c4ccc([N+](=O)[O-])cc4)[nH]c23)c1C. The van der Waals surface area contributed by atoms with Crippen LogP contribution >= 0.6 is 12.2 Å². The molecule has 134 valence electrons.